The van der Waals surface area contributed by atoms with Gasteiger partial charge in [-0.15, -0.1) is 0 Å². The van der Waals surface area contributed by atoms with Crippen molar-refractivity contribution in [1.29, 1.82) is 0 Å². The molecular formula is C19H20N4O4. The molecule has 0 aliphatic rings. The van der Waals surface area contributed by atoms with Gasteiger partial charge >= 0.3 is 11.2 Å². The Hall–Kier alpha value is -3.42. The van der Waals surface area contributed by atoms with E-state index in [0.29, 0.717) is 12.1 Å². The number of aryl methyl sites for hydroxylation is 1. The van der Waals surface area contributed by atoms with E-state index in [-0.39, 0.29) is 18.5 Å². The van der Waals surface area contributed by atoms with Gasteiger partial charge < -0.3 is 10.1 Å². The molecule has 0 saturated carbocycles. The number of hydrogen-bond donors (Lipinski definition) is 1. The number of rotatable bonds is 7. The van der Waals surface area contributed by atoms with Crippen molar-refractivity contribution < 1.29 is 9.66 Å². The molecule has 0 bridgehead atoms. The third-order valence-electron chi connectivity index (χ3n) is 4.23. The lowest BCUT2D eigenvalue weighted by atomic mass is 10.2. The van der Waals surface area contributed by atoms with Crippen LogP contribution in [0.15, 0.2) is 53.5 Å². The molecule has 8 nitrogen and oxygen atoms in total. The van der Waals surface area contributed by atoms with Crippen molar-refractivity contribution in [2.75, 3.05) is 11.9 Å². The maximum atomic E-state index is 12.5. The number of anilines is 1. The van der Waals surface area contributed by atoms with Crippen LogP contribution in [0.3, 0.4) is 0 Å². The van der Waals surface area contributed by atoms with E-state index in [0.717, 1.165) is 15.7 Å². The van der Waals surface area contributed by atoms with Gasteiger partial charge in [-0.05, 0) is 37.1 Å². The van der Waals surface area contributed by atoms with Gasteiger partial charge in [0.15, 0.2) is 0 Å². The SMILES string of the molecule is CCC(CNc1nc2ccccn2c(=O)c1[N+](=O)[O-])Oc1ccccc1C. The maximum Gasteiger partial charge on any atom is 0.376 e. The highest BCUT2D eigenvalue weighted by molar-refractivity contribution is 5.59. The van der Waals surface area contributed by atoms with Crippen LogP contribution in [0.2, 0.25) is 0 Å². The van der Waals surface area contributed by atoms with Gasteiger partial charge in [0.05, 0.1) is 11.5 Å². The molecule has 3 rings (SSSR count). The Morgan fingerprint density at radius 2 is 2.00 bits per heavy atom. The molecule has 1 aromatic carbocycles. The van der Waals surface area contributed by atoms with Crippen molar-refractivity contribution in [3.05, 3.63) is 74.7 Å². The average molecular weight is 368 g/mol. The number of aromatic nitrogens is 2. The third-order valence-corrected chi connectivity index (χ3v) is 4.23. The molecule has 8 heteroatoms. The first-order chi connectivity index (χ1) is 13.0. The fraction of sp³-hybridized carbons (Fsp3) is 0.263. The largest absolute Gasteiger partial charge is 0.488 e. The van der Waals surface area contributed by atoms with Crippen LogP contribution < -0.4 is 15.6 Å². The highest BCUT2D eigenvalue weighted by atomic mass is 16.6. The molecule has 3 aromatic rings. The lowest BCUT2D eigenvalue weighted by Crippen LogP contribution is -2.28. The Balaban J connectivity index is 1.87. The first kappa shape index (κ1) is 18.4. The van der Waals surface area contributed by atoms with Crippen LogP contribution in [0.5, 0.6) is 5.75 Å². The summed E-state index contributed by atoms with van der Waals surface area (Å²) in [4.78, 5) is 27.4. The highest BCUT2D eigenvalue weighted by Crippen LogP contribution is 2.21. The second-order valence-electron chi connectivity index (χ2n) is 6.09. The molecule has 1 atom stereocenters. The van der Waals surface area contributed by atoms with Gasteiger partial charge in [0, 0.05) is 6.20 Å². The topological polar surface area (TPSA) is 98.8 Å². The quantitative estimate of drug-likeness (QED) is 0.508. The van der Waals surface area contributed by atoms with Crippen molar-refractivity contribution >= 4 is 17.2 Å². The summed E-state index contributed by atoms with van der Waals surface area (Å²) < 4.78 is 7.15. The van der Waals surface area contributed by atoms with Crippen LogP contribution in [-0.2, 0) is 0 Å². The van der Waals surface area contributed by atoms with Gasteiger partial charge in [0.25, 0.3) is 0 Å². The number of nitrogens with one attached hydrogen (secondary N) is 1. The number of benzene rings is 1. The summed E-state index contributed by atoms with van der Waals surface area (Å²) in [5, 5.41) is 14.3. The minimum absolute atomic E-state index is 0.0527. The second kappa shape index (κ2) is 7.86. The third kappa shape index (κ3) is 3.89. The van der Waals surface area contributed by atoms with Crippen LogP contribution in [0.1, 0.15) is 18.9 Å². The number of para-hydroxylation sites is 1. The van der Waals surface area contributed by atoms with Gasteiger partial charge in [0.1, 0.15) is 17.5 Å². The fourth-order valence-electron chi connectivity index (χ4n) is 2.72. The molecule has 0 spiro atoms. The summed E-state index contributed by atoms with van der Waals surface area (Å²) in [7, 11) is 0. The first-order valence-electron chi connectivity index (χ1n) is 8.63. The molecular weight excluding hydrogens is 348 g/mol. The van der Waals surface area contributed by atoms with Gasteiger partial charge in [-0.3, -0.25) is 19.3 Å². The Morgan fingerprint density at radius 3 is 2.70 bits per heavy atom. The van der Waals surface area contributed by atoms with Crippen molar-refractivity contribution in [3.8, 4) is 5.75 Å². The van der Waals surface area contributed by atoms with E-state index >= 15 is 0 Å². The zero-order valence-electron chi connectivity index (χ0n) is 15.1. The second-order valence-corrected chi connectivity index (χ2v) is 6.09. The predicted molar refractivity (Wildman–Crippen MR) is 102 cm³/mol. The normalized spacial score (nSPS) is 11.9. The molecule has 1 N–H and O–H groups in total. The van der Waals surface area contributed by atoms with E-state index in [2.05, 4.69) is 10.3 Å². The highest BCUT2D eigenvalue weighted by Gasteiger charge is 2.24. The van der Waals surface area contributed by atoms with Crippen molar-refractivity contribution in [2.24, 2.45) is 0 Å². The zero-order chi connectivity index (χ0) is 19.4. The molecule has 0 fully saturated rings. The summed E-state index contributed by atoms with van der Waals surface area (Å²) in [5.41, 5.74) is 0.0397. The van der Waals surface area contributed by atoms with Crippen molar-refractivity contribution in [1.82, 2.24) is 9.38 Å². The predicted octanol–water partition coefficient (Wildman–Crippen LogP) is 3.18. The van der Waals surface area contributed by atoms with E-state index in [1.807, 2.05) is 38.1 Å². The molecule has 27 heavy (non-hydrogen) atoms. The average Bonchev–Trinajstić information content (AvgIpc) is 2.66. The Labute approximate surface area is 155 Å². The minimum Gasteiger partial charge on any atom is -0.488 e. The molecule has 0 amide bonds. The van der Waals surface area contributed by atoms with Crippen molar-refractivity contribution in [2.45, 2.75) is 26.4 Å². The summed E-state index contributed by atoms with van der Waals surface area (Å²) in [6, 6.07) is 12.6. The van der Waals surface area contributed by atoms with Gasteiger partial charge in [-0.1, -0.05) is 31.2 Å². The monoisotopic (exact) mass is 368 g/mol. The van der Waals surface area contributed by atoms with Gasteiger partial charge in [0.2, 0.25) is 5.82 Å². The number of nitrogens with zero attached hydrogens (tertiary/aromatic N) is 3. The molecule has 0 radical (unpaired) electrons. The lowest BCUT2D eigenvalue weighted by Gasteiger charge is -2.19. The molecule has 0 aliphatic carbocycles. The van der Waals surface area contributed by atoms with Crippen LogP contribution in [0, 0.1) is 17.0 Å². The fourth-order valence-corrected chi connectivity index (χ4v) is 2.72. The van der Waals surface area contributed by atoms with E-state index in [4.69, 9.17) is 4.74 Å². The molecule has 2 heterocycles. The van der Waals surface area contributed by atoms with Crippen LogP contribution in [0.4, 0.5) is 11.5 Å². The number of pyridine rings is 1. The lowest BCUT2D eigenvalue weighted by molar-refractivity contribution is -0.385. The van der Waals surface area contributed by atoms with E-state index in [9.17, 15) is 14.9 Å². The molecule has 2 aromatic heterocycles. The van der Waals surface area contributed by atoms with E-state index in [1.54, 1.807) is 18.2 Å². The minimum atomic E-state index is -0.721. The summed E-state index contributed by atoms with van der Waals surface area (Å²) >= 11 is 0. The van der Waals surface area contributed by atoms with Crippen LogP contribution in [-0.4, -0.2) is 27.0 Å². The molecule has 0 aliphatic heterocycles. The Bertz CT molecular complexity index is 1030. The molecule has 0 saturated heterocycles. The molecule has 1 unspecified atom stereocenters. The number of fused-ring (bicyclic) bond motifs is 1. The Kier molecular flexibility index (Phi) is 5.35. The van der Waals surface area contributed by atoms with Crippen molar-refractivity contribution in [3.63, 3.8) is 0 Å². The van der Waals surface area contributed by atoms with Crippen LogP contribution in [0.25, 0.3) is 5.65 Å². The smallest absolute Gasteiger partial charge is 0.376 e. The Morgan fingerprint density at radius 1 is 1.26 bits per heavy atom. The maximum absolute atomic E-state index is 12.5. The first-order valence-corrected chi connectivity index (χ1v) is 8.63. The summed E-state index contributed by atoms with van der Waals surface area (Å²) in [6.45, 7) is 4.19. The number of nitro groups is 1. The number of ether oxygens (including phenoxy) is 1. The molecule has 140 valence electrons. The van der Waals surface area contributed by atoms with E-state index < -0.39 is 16.2 Å². The summed E-state index contributed by atoms with van der Waals surface area (Å²) in [5.74, 6) is 0.704. The van der Waals surface area contributed by atoms with Gasteiger partial charge in [-0.2, -0.15) is 0 Å². The van der Waals surface area contributed by atoms with E-state index in [1.165, 1.54) is 6.20 Å². The number of hydrogen-bond acceptors (Lipinski definition) is 6. The van der Waals surface area contributed by atoms with Gasteiger partial charge in [-0.25, -0.2) is 4.98 Å². The van der Waals surface area contributed by atoms with Crippen LogP contribution >= 0.6 is 0 Å². The standard InChI is InChI=1S/C19H20N4O4/c1-3-14(27-15-9-5-4-8-13(15)2)12-20-18-17(23(25)26)19(24)22-11-7-6-10-16(22)21-18/h4-11,14,20H,3,12H2,1-2H3. The summed E-state index contributed by atoms with van der Waals surface area (Å²) in [6.07, 6.45) is 1.90. The zero-order valence-corrected chi connectivity index (χ0v) is 15.1.